The van der Waals surface area contributed by atoms with Crippen molar-refractivity contribution in [1.29, 1.82) is 0 Å². The number of ether oxygens (including phenoxy) is 1. The highest BCUT2D eigenvalue weighted by molar-refractivity contribution is 6.30. The largest absolute Gasteiger partial charge is 0.478 e. The van der Waals surface area contributed by atoms with Gasteiger partial charge in [0.1, 0.15) is 12.0 Å². The molecule has 0 aliphatic carbocycles. The Balaban J connectivity index is 1.42. The summed E-state index contributed by atoms with van der Waals surface area (Å²) in [5, 5.41) is 0.550. The van der Waals surface area contributed by atoms with Gasteiger partial charge in [-0.25, -0.2) is 0 Å². The minimum atomic E-state index is -0.310. The third-order valence-corrected chi connectivity index (χ3v) is 5.30. The number of halogens is 1. The quantitative estimate of drug-likeness (QED) is 0.561. The number of carbonyl (C=O) groups excluding carboxylic acids is 1. The molecular formula is C23H20ClNO4. The maximum Gasteiger partial charge on any atom is 0.227 e. The fourth-order valence-electron chi connectivity index (χ4n) is 3.53. The Hall–Kier alpha value is -3.05. The molecule has 148 valence electrons. The van der Waals surface area contributed by atoms with E-state index in [4.69, 9.17) is 20.8 Å². The highest BCUT2D eigenvalue weighted by Gasteiger charge is 2.26. The average Bonchev–Trinajstić information content (AvgIpc) is 3.03. The van der Waals surface area contributed by atoms with Crippen LogP contribution in [-0.4, -0.2) is 18.4 Å². The van der Waals surface area contributed by atoms with Crippen LogP contribution in [0.4, 0.5) is 5.69 Å². The number of Topliss-reactive ketones (excluding diaryl/α,β-unsaturated/α-hetero) is 1. The van der Waals surface area contributed by atoms with Crippen LogP contribution < -0.4 is 15.1 Å². The normalized spacial score (nSPS) is 15.2. The van der Waals surface area contributed by atoms with E-state index in [-0.39, 0.29) is 23.6 Å². The Labute approximate surface area is 173 Å². The van der Waals surface area contributed by atoms with Gasteiger partial charge >= 0.3 is 0 Å². The third-order valence-electron chi connectivity index (χ3n) is 5.05. The van der Waals surface area contributed by atoms with Gasteiger partial charge in [-0.3, -0.25) is 9.59 Å². The van der Waals surface area contributed by atoms with Crippen molar-refractivity contribution in [2.24, 2.45) is 0 Å². The van der Waals surface area contributed by atoms with Crippen molar-refractivity contribution >= 4 is 23.1 Å². The van der Waals surface area contributed by atoms with Crippen molar-refractivity contribution in [1.82, 2.24) is 0 Å². The van der Waals surface area contributed by atoms with Gasteiger partial charge in [0.2, 0.25) is 11.2 Å². The molecule has 1 aliphatic heterocycles. The van der Waals surface area contributed by atoms with Gasteiger partial charge in [0.15, 0.2) is 12.4 Å². The number of nitrogens with zero attached hydrogens (tertiary/aromatic N) is 1. The van der Waals surface area contributed by atoms with E-state index in [2.05, 4.69) is 24.0 Å². The molecule has 1 aromatic heterocycles. The first-order chi connectivity index (χ1) is 14.0. The van der Waals surface area contributed by atoms with Crippen LogP contribution >= 0.6 is 11.6 Å². The predicted molar refractivity (Wildman–Crippen MR) is 112 cm³/mol. The molecule has 0 saturated heterocycles. The van der Waals surface area contributed by atoms with Crippen molar-refractivity contribution < 1.29 is 13.9 Å². The summed E-state index contributed by atoms with van der Waals surface area (Å²) in [7, 11) is 0. The number of fused-ring (bicyclic) bond motifs is 1. The van der Waals surface area contributed by atoms with Gasteiger partial charge in [-0.1, -0.05) is 29.8 Å². The van der Waals surface area contributed by atoms with Gasteiger partial charge < -0.3 is 14.1 Å². The smallest absolute Gasteiger partial charge is 0.227 e. The molecule has 0 spiro atoms. The Morgan fingerprint density at radius 3 is 2.72 bits per heavy atom. The molecule has 0 amide bonds. The SMILES string of the molecule is C[C@@H]1Cc2ccccc2N1Cc1cc(=O)c(OCC(=O)c2ccc(Cl)cc2)co1. The number of hydrogen-bond donors (Lipinski definition) is 0. The van der Waals surface area contributed by atoms with Gasteiger partial charge in [-0.05, 0) is 49.2 Å². The van der Waals surface area contributed by atoms with Gasteiger partial charge in [-0.2, -0.15) is 0 Å². The molecule has 3 aromatic rings. The van der Waals surface area contributed by atoms with Crippen molar-refractivity contribution in [3.05, 3.63) is 93.0 Å². The van der Waals surface area contributed by atoms with E-state index in [1.807, 2.05) is 12.1 Å². The van der Waals surface area contributed by atoms with E-state index < -0.39 is 0 Å². The van der Waals surface area contributed by atoms with Crippen molar-refractivity contribution in [3.8, 4) is 5.75 Å². The second-order valence-corrected chi connectivity index (χ2v) is 7.54. The third kappa shape index (κ3) is 4.20. The molecule has 2 heterocycles. The zero-order valence-electron chi connectivity index (χ0n) is 15.9. The molecular weight excluding hydrogens is 390 g/mol. The lowest BCUT2D eigenvalue weighted by atomic mass is 10.1. The summed E-state index contributed by atoms with van der Waals surface area (Å²) in [6.45, 7) is 2.40. The summed E-state index contributed by atoms with van der Waals surface area (Å²) >= 11 is 5.82. The molecule has 5 nitrogen and oxygen atoms in total. The molecule has 0 N–H and O–H groups in total. The van der Waals surface area contributed by atoms with Crippen molar-refractivity contribution in [2.75, 3.05) is 11.5 Å². The Kier molecular flexibility index (Phi) is 5.41. The first-order valence-corrected chi connectivity index (χ1v) is 9.77. The van der Waals surface area contributed by atoms with Gasteiger partial charge in [0.05, 0.1) is 6.54 Å². The number of benzene rings is 2. The van der Waals surface area contributed by atoms with Crippen LogP contribution in [0.2, 0.25) is 5.02 Å². The fourth-order valence-corrected chi connectivity index (χ4v) is 3.65. The van der Waals surface area contributed by atoms with Crippen LogP contribution in [-0.2, 0) is 13.0 Å². The first kappa shape index (κ1) is 19.3. The minimum Gasteiger partial charge on any atom is -0.478 e. The molecule has 1 atom stereocenters. The van der Waals surface area contributed by atoms with E-state index in [0.717, 1.165) is 12.1 Å². The Morgan fingerprint density at radius 1 is 1.21 bits per heavy atom. The van der Waals surface area contributed by atoms with E-state index in [0.29, 0.717) is 28.9 Å². The summed E-state index contributed by atoms with van der Waals surface area (Å²) in [5.74, 6) is 0.327. The zero-order chi connectivity index (χ0) is 20.4. The summed E-state index contributed by atoms with van der Waals surface area (Å²) in [6.07, 6.45) is 2.24. The fraction of sp³-hybridized carbons (Fsp3) is 0.217. The van der Waals surface area contributed by atoms with E-state index in [1.54, 1.807) is 24.3 Å². The van der Waals surface area contributed by atoms with Crippen LogP contribution in [0.3, 0.4) is 0 Å². The number of hydrogen-bond acceptors (Lipinski definition) is 5. The van der Waals surface area contributed by atoms with Gasteiger partial charge in [-0.15, -0.1) is 0 Å². The highest BCUT2D eigenvalue weighted by atomic mass is 35.5. The highest BCUT2D eigenvalue weighted by Crippen LogP contribution is 2.32. The van der Waals surface area contributed by atoms with Gasteiger partial charge in [0, 0.05) is 28.4 Å². The Morgan fingerprint density at radius 2 is 1.97 bits per heavy atom. The number of carbonyl (C=O) groups is 1. The maximum absolute atomic E-state index is 12.4. The van der Waals surface area contributed by atoms with Crippen LogP contribution in [0, 0.1) is 0 Å². The number of rotatable bonds is 6. The summed E-state index contributed by atoms with van der Waals surface area (Å²) in [4.78, 5) is 26.8. The standard InChI is InChI=1S/C23H20ClNO4/c1-15-10-17-4-2-3-5-20(17)25(15)12-19-11-21(26)23(14-28-19)29-13-22(27)16-6-8-18(24)9-7-16/h2-9,11,14-15H,10,12-13H2,1H3/t15-/m1/s1. The first-order valence-electron chi connectivity index (χ1n) is 9.39. The minimum absolute atomic E-state index is 0.0194. The summed E-state index contributed by atoms with van der Waals surface area (Å²) in [6, 6.07) is 16.5. The van der Waals surface area contributed by atoms with E-state index >= 15 is 0 Å². The molecule has 2 aromatic carbocycles. The number of anilines is 1. The van der Waals surface area contributed by atoms with E-state index in [9.17, 15) is 9.59 Å². The molecule has 1 aliphatic rings. The Bertz CT molecular complexity index is 1090. The number of para-hydroxylation sites is 1. The molecule has 0 saturated carbocycles. The van der Waals surface area contributed by atoms with Crippen LogP contribution in [0.15, 0.2) is 70.1 Å². The van der Waals surface area contributed by atoms with Crippen LogP contribution in [0.5, 0.6) is 5.75 Å². The molecule has 0 radical (unpaired) electrons. The summed E-state index contributed by atoms with van der Waals surface area (Å²) < 4.78 is 11.0. The van der Waals surface area contributed by atoms with E-state index in [1.165, 1.54) is 17.9 Å². The lowest BCUT2D eigenvalue weighted by Gasteiger charge is -2.24. The lowest BCUT2D eigenvalue weighted by Crippen LogP contribution is -2.29. The van der Waals surface area contributed by atoms with Crippen LogP contribution in [0.1, 0.15) is 28.6 Å². The molecule has 0 fully saturated rings. The van der Waals surface area contributed by atoms with Crippen LogP contribution in [0.25, 0.3) is 0 Å². The summed E-state index contributed by atoms with van der Waals surface area (Å²) in [5.41, 5.74) is 2.62. The average molecular weight is 410 g/mol. The second kappa shape index (κ2) is 8.13. The molecule has 6 heteroatoms. The molecule has 4 rings (SSSR count). The predicted octanol–water partition coefficient (Wildman–Crippen LogP) is 4.51. The van der Waals surface area contributed by atoms with Crippen molar-refractivity contribution in [2.45, 2.75) is 25.9 Å². The van der Waals surface area contributed by atoms with Crippen molar-refractivity contribution in [3.63, 3.8) is 0 Å². The molecule has 0 bridgehead atoms. The zero-order valence-corrected chi connectivity index (χ0v) is 16.7. The molecule has 0 unspecified atom stereocenters. The number of ketones is 1. The maximum atomic E-state index is 12.4. The lowest BCUT2D eigenvalue weighted by molar-refractivity contribution is 0.0919. The molecule has 29 heavy (non-hydrogen) atoms. The second-order valence-electron chi connectivity index (χ2n) is 7.10. The monoisotopic (exact) mass is 409 g/mol. The topological polar surface area (TPSA) is 59.8 Å². The van der Waals surface area contributed by atoms with Gasteiger partial charge in [0.25, 0.3) is 0 Å².